The normalized spacial score (nSPS) is 25.0. The molecule has 0 amide bonds. The van der Waals surface area contributed by atoms with Crippen LogP contribution in [0, 0.1) is 0 Å². The SMILES string of the molecule is CCC1COC(C)CN1c1ccc(CCl)nn1. The van der Waals surface area contributed by atoms with Gasteiger partial charge in [-0.15, -0.1) is 16.7 Å². The van der Waals surface area contributed by atoms with E-state index in [1.54, 1.807) is 0 Å². The number of rotatable bonds is 3. The van der Waals surface area contributed by atoms with E-state index in [1.807, 2.05) is 12.1 Å². The lowest BCUT2D eigenvalue weighted by Crippen LogP contribution is -2.49. The molecule has 0 bridgehead atoms. The highest BCUT2D eigenvalue weighted by molar-refractivity contribution is 6.16. The molecule has 2 heterocycles. The molecular formula is C12H18ClN3O. The van der Waals surface area contributed by atoms with Crippen molar-refractivity contribution in [3.8, 4) is 0 Å². The first-order valence-electron chi connectivity index (χ1n) is 6.01. The van der Waals surface area contributed by atoms with Gasteiger partial charge in [0.1, 0.15) is 0 Å². The van der Waals surface area contributed by atoms with E-state index in [-0.39, 0.29) is 6.10 Å². The van der Waals surface area contributed by atoms with Gasteiger partial charge in [0.2, 0.25) is 0 Å². The lowest BCUT2D eigenvalue weighted by atomic mass is 10.1. The number of ether oxygens (including phenoxy) is 1. The molecule has 0 radical (unpaired) electrons. The number of hydrogen-bond acceptors (Lipinski definition) is 4. The Hall–Kier alpha value is -0.870. The predicted molar refractivity (Wildman–Crippen MR) is 68.4 cm³/mol. The molecule has 2 atom stereocenters. The van der Waals surface area contributed by atoms with Gasteiger partial charge in [0, 0.05) is 6.54 Å². The van der Waals surface area contributed by atoms with Gasteiger partial charge in [-0.25, -0.2) is 0 Å². The van der Waals surface area contributed by atoms with Crippen molar-refractivity contribution in [3.05, 3.63) is 17.8 Å². The maximum Gasteiger partial charge on any atom is 0.151 e. The van der Waals surface area contributed by atoms with Crippen LogP contribution >= 0.6 is 11.6 Å². The molecule has 1 aromatic rings. The molecule has 0 spiro atoms. The predicted octanol–water partition coefficient (Wildman–Crippen LogP) is 2.22. The Morgan fingerprint density at radius 2 is 2.29 bits per heavy atom. The monoisotopic (exact) mass is 255 g/mol. The lowest BCUT2D eigenvalue weighted by Gasteiger charge is -2.38. The van der Waals surface area contributed by atoms with Crippen molar-refractivity contribution in [2.75, 3.05) is 18.1 Å². The largest absolute Gasteiger partial charge is 0.375 e. The number of morpholine rings is 1. The van der Waals surface area contributed by atoms with E-state index in [1.165, 1.54) is 0 Å². The number of alkyl halides is 1. The van der Waals surface area contributed by atoms with E-state index in [2.05, 4.69) is 28.9 Å². The lowest BCUT2D eigenvalue weighted by molar-refractivity contribution is 0.0295. The average molecular weight is 256 g/mol. The summed E-state index contributed by atoms with van der Waals surface area (Å²) in [5.41, 5.74) is 0.810. The van der Waals surface area contributed by atoms with Crippen LogP contribution < -0.4 is 4.90 Å². The Bertz CT molecular complexity index is 357. The second kappa shape index (κ2) is 5.65. The van der Waals surface area contributed by atoms with Gasteiger partial charge >= 0.3 is 0 Å². The summed E-state index contributed by atoms with van der Waals surface area (Å²) in [5, 5.41) is 8.34. The van der Waals surface area contributed by atoms with E-state index in [4.69, 9.17) is 16.3 Å². The minimum Gasteiger partial charge on any atom is -0.375 e. The van der Waals surface area contributed by atoms with Crippen molar-refractivity contribution in [1.29, 1.82) is 0 Å². The minimum atomic E-state index is 0.243. The highest BCUT2D eigenvalue weighted by atomic mass is 35.5. The molecule has 1 aliphatic rings. The first-order valence-corrected chi connectivity index (χ1v) is 6.54. The van der Waals surface area contributed by atoms with E-state index in [0.717, 1.165) is 31.1 Å². The van der Waals surface area contributed by atoms with Crippen molar-refractivity contribution < 1.29 is 4.74 Å². The molecule has 0 N–H and O–H groups in total. The van der Waals surface area contributed by atoms with Crippen molar-refractivity contribution in [3.63, 3.8) is 0 Å². The molecule has 1 saturated heterocycles. The third kappa shape index (κ3) is 2.87. The summed E-state index contributed by atoms with van der Waals surface area (Å²) in [4.78, 5) is 2.28. The first-order chi connectivity index (χ1) is 8.24. The Morgan fingerprint density at radius 1 is 1.47 bits per heavy atom. The summed E-state index contributed by atoms with van der Waals surface area (Å²) in [6, 6.07) is 4.32. The highest BCUT2D eigenvalue weighted by Gasteiger charge is 2.26. The molecule has 94 valence electrons. The van der Waals surface area contributed by atoms with Crippen LogP contribution in [0.3, 0.4) is 0 Å². The molecule has 0 aliphatic carbocycles. The molecule has 1 aliphatic heterocycles. The number of hydrogen-bond donors (Lipinski definition) is 0. The van der Waals surface area contributed by atoms with E-state index < -0.39 is 0 Å². The topological polar surface area (TPSA) is 38.2 Å². The van der Waals surface area contributed by atoms with Gasteiger partial charge < -0.3 is 9.64 Å². The van der Waals surface area contributed by atoms with Gasteiger partial charge in [0.05, 0.1) is 30.3 Å². The smallest absolute Gasteiger partial charge is 0.151 e. The summed E-state index contributed by atoms with van der Waals surface area (Å²) in [5.74, 6) is 1.32. The Morgan fingerprint density at radius 3 is 2.88 bits per heavy atom. The first kappa shape index (κ1) is 12.6. The zero-order valence-corrected chi connectivity index (χ0v) is 11.0. The number of nitrogens with zero attached hydrogens (tertiary/aromatic N) is 3. The maximum atomic E-state index is 5.71. The van der Waals surface area contributed by atoms with Crippen LogP contribution in [0.1, 0.15) is 26.0 Å². The average Bonchev–Trinajstić information content (AvgIpc) is 2.39. The zero-order chi connectivity index (χ0) is 12.3. The van der Waals surface area contributed by atoms with Gasteiger partial charge in [0.15, 0.2) is 5.82 Å². The maximum absolute atomic E-state index is 5.71. The fraction of sp³-hybridized carbons (Fsp3) is 0.667. The van der Waals surface area contributed by atoms with Crippen LogP contribution in [0.5, 0.6) is 0 Å². The van der Waals surface area contributed by atoms with Crippen LogP contribution in [0.25, 0.3) is 0 Å². The highest BCUT2D eigenvalue weighted by Crippen LogP contribution is 2.21. The molecule has 1 aromatic heterocycles. The van der Waals surface area contributed by atoms with E-state index in [9.17, 15) is 0 Å². The third-order valence-corrected chi connectivity index (χ3v) is 3.35. The fourth-order valence-corrected chi connectivity index (χ4v) is 2.18. The molecule has 4 nitrogen and oxygen atoms in total. The van der Waals surface area contributed by atoms with E-state index in [0.29, 0.717) is 11.9 Å². The Kier molecular flexibility index (Phi) is 4.18. The summed E-state index contributed by atoms with van der Waals surface area (Å²) in [6.07, 6.45) is 1.29. The molecule has 5 heteroatoms. The molecule has 0 saturated carbocycles. The molecule has 1 fully saturated rings. The van der Waals surface area contributed by atoms with Crippen molar-refractivity contribution in [2.24, 2.45) is 0 Å². The van der Waals surface area contributed by atoms with Crippen LogP contribution in [-0.4, -0.2) is 35.5 Å². The van der Waals surface area contributed by atoms with Gasteiger partial charge in [0.25, 0.3) is 0 Å². The summed E-state index contributed by atoms with van der Waals surface area (Å²) >= 11 is 5.71. The summed E-state index contributed by atoms with van der Waals surface area (Å²) in [6.45, 7) is 5.88. The second-order valence-corrected chi connectivity index (χ2v) is 4.64. The standard InChI is InChI=1S/C12H18ClN3O/c1-3-11-8-17-9(2)7-16(11)12-5-4-10(6-13)14-15-12/h4-5,9,11H,3,6-8H2,1-2H3. The quantitative estimate of drug-likeness (QED) is 0.777. The van der Waals surface area contributed by atoms with Crippen molar-refractivity contribution in [2.45, 2.75) is 38.3 Å². The Balaban J connectivity index is 2.16. The van der Waals surface area contributed by atoms with Gasteiger partial charge in [-0.1, -0.05) is 6.92 Å². The molecule has 0 aromatic carbocycles. The van der Waals surface area contributed by atoms with Gasteiger partial charge in [-0.2, -0.15) is 5.10 Å². The van der Waals surface area contributed by atoms with Crippen LogP contribution in [-0.2, 0) is 10.6 Å². The van der Waals surface area contributed by atoms with Gasteiger partial charge in [-0.3, -0.25) is 0 Å². The molecule has 17 heavy (non-hydrogen) atoms. The van der Waals surface area contributed by atoms with Crippen molar-refractivity contribution >= 4 is 17.4 Å². The summed E-state index contributed by atoms with van der Waals surface area (Å²) in [7, 11) is 0. The number of halogens is 1. The molecular weight excluding hydrogens is 238 g/mol. The fourth-order valence-electron chi connectivity index (χ4n) is 2.04. The molecule has 2 rings (SSSR count). The summed E-state index contributed by atoms with van der Waals surface area (Å²) < 4.78 is 5.67. The number of aromatic nitrogens is 2. The Labute approximate surface area is 107 Å². The number of anilines is 1. The minimum absolute atomic E-state index is 0.243. The van der Waals surface area contributed by atoms with Crippen LogP contribution in [0.4, 0.5) is 5.82 Å². The zero-order valence-electron chi connectivity index (χ0n) is 10.3. The van der Waals surface area contributed by atoms with Crippen LogP contribution in [0.15, 0.2) is 12.1 Å². The molecule has 2 unspecified atom stereocenters. The third-order valence-electron chi connectivity index (χ3n) is 3.08. The van der Waals surface area contributed by atoms with E-state index >= 15 is 0 Å². The van der Waals surface area contributed by atoms with Crippen LogP contribution in [0.2, 0.25) is 0 Å². The second-order valence-electron chi connectivity index (χ2n) is 4.37. The van der Waals surface area contributed by atoms with Gasteiger partial charge in [-0.05, 0) is 25.5 Å². The van der Waals surface area contributed by atoms with Crippen molar-refractivity contribution in [1.82, 2.24) is 10.2 Å².